The maximum Gasteiger partial charge on any atom is 0.260 e. The van der Waals surface area contributed by atoms with Gasteiger partial charge in [-0.2, -0.15) is 4.98 Å². The van der Waals surface area contributed by atoms with Crippen LogP contribution < -0.4 is 9.04 Å². The molecule has 0 aliphatic rings. The van der Waals surface area contributed by atoms with Gasteiger partial charge >= 0.3 is 0 Å². The molecular weight excluding hydrogens is 444 g/mol. The molecule has 3 aromatic rings. The Balaban J connectivity index is 1.53. The molecule has 164 valence electrons. The number of sulfonamides is 1. The minimum Gasteiger partial charge on any atom is -0.484 e. The zero-order valence-electron chi connectivity index (χ0n) is 17.1. The summed E-state index contributed by atoms with van der Waals surface area (Å²) in [7, 11) is -0.290. The van der Waals surface area contributed by atoms with Gasteiger partial charge in [-0.1, -0.05) is 16.8 Å². The lowest BCUT2D eigenvalue weighted by molar-refractivity contribution is -0.132. The second-order valence-electron chi connectivity index (χ2n) is 6.78. The Morgan fingerprint density at radius 1 is 1.10 bits per heavy atom. The lowest BCUT2D eigenvalue weighted by Crippen LogP contribution is -2.31. The van der Waals surface area contributed by atoms with Gasteiger partial charge in [-0.25, -0.2) is 8.42 Å². The Labute approximate surface area is 185 Å². The van der Waals surface area contributed by atoms with E-state index < -0.39 is 10.0 Å². The molecular formula is C20H21ClN4O5S. The van der Waals surface area contributed by atoms with E-state index in [-0.39, 0.29) is 24.9 Å². The van der Waals surface area contributed by atoms with E-state index in [1.165, 1.54) is 11.9 Å². The number of benzene rings is 2. The quantitative estimate of drug-likeness (QED) is 0.504. The van der Waals surface area contributed by atoms with Crippen molar-refractivity contribution in [3.63, 3.8) is 0 Å². The first-order chi connectivity index (χ1) is 14.6. The summed E-state index contributed by atoms with van der Waals surface area (Å²) in [6.07, 6.45) is 1.12. The van der Waals surface area contributed by atoms with Gasteiger partial charge in [-0.05, 0) is 48.5 Å². The minimum absolute atomic E-state index is 0.126. The molecule has 0 aliphatic heterocycles. The van der Waals surface area contributed by atoms with Crippen LogP contribution in [-0.2, 0) is 21.4 Å². The highest BCUT2D eigenvalue weighted by Gasteiger charge is 2.16. The molecule has 31 heavy (non-hydrogen) atoms. The van der Waals surface area contributed by atoms with E-state index in [2.05, 4.69) is 10.1 Å². The van der Waals surface area contributed by atoms with Crippen LogP contribution in [0.4, 0.5) is 5.69 Å². The molecule has 11 heteroatoms. The smallest absolute Gasteiger partial charge is 0.260 e. The molecule has 0 saturated heterocycles. The summed E-state index contributed by atoms with van der Waals surface area (Å²) in [6, 6.07) is 13.4. The fraction of sp³-hybridized carbons (Fsp3) is 0.250. The second-order valence-corrected chi connectivity index (χ2v) is 9.23. The number of nitrogens with zero attached hydrogens (tertiary/aromatic N) is 4. The molecule has 2 aromatic carbocycles. The van der Waals surface area contributed by atoms with Crippen molar-refractivity contribution in [1.29, 1.82) is 0 Å². The van der Waals surface area contributed by atoms with Crippen molar-refractivity contribution in [3.8, 4) is 17.1 Å². The van der Waals surface area contributed by atoms with Crippen LogP contribution in [0.1, 0.15) is 5.89 Å². The third kappa shape index (κ3) is 5.96. The van der Waals surface area contributed by atoms with Crippen molar-refractivity contribution in [2.45, 2.75) is 6.54 Å². The van der Waals surface area contributed by atoms with Gasteiger partial charge in [0.2, 0.25) is 21.7 Å². The zero-order valence-corrected chi connectivity index (χ0v) is 18.7. The number of hydrogen-bond donors (Lipinski definition) is 0. The van der Waals surface area contributed by atoms with E-state index in [0.717, 1.165) is 16.1 Å². The largest absolute Gasteiger partial charge is 0.484 e. The number of aromatic nitrogens is 2. The van der Waals surface area contributed by atoms with E-state index in [4.69, 9.17) is 20.9 Å². The first-order valence-electron chi connectivity index (χ1n) is 9.13. The van der Waals surface area contributed by atoms with Gasteiger partial charge in [0.25, 0.3) is 5.91 Å². The third-order valence-electron chi connectivity index (χ3n) is 4.43. The van der Waals surface area contributed by atoms with Gasteiger partial charge in [0.05, 0.1) is 18.5 Å². The normalized spacial score (nSPS) is 11.2. The molecule has 0 fully saturated rings. The molecule has 3 rings (SSSR count). The number of hydrogen-bond acceptors (Lipinski definition) is 7. The number of ether oxygens (including phenoxy) is 1. The van der Waals surface area contributed by atoms with E-state index in [9.17, 15) is 13.2 Å². The maximum absolute atomic E-state index is 12.4. The van der Waals surface area contributed by atoms with Crippen molar-refractivity contribution in [2.24, 2.45) is 0 Å². The van der Waals surface area contributed by atoms with Crippen LogP contribution in [0, 0.1) is 0 Å². The predicted octanol–water partition coefficient (Wildman–Crippen LogP) is 2.82. The topological polar surface area (TPSA) is 106 Å². The average Bonchev–Trinajstić information content (AvgIpc) is 3.20. The number of amides is 1. The van der Waals surface area contributed by atoms with Crippen molar-refractivity contribution < 1.29 is 22.5 Å². The van der Waals surface area contributed by atoms with E-state index in [1.807, 2.05) is 0 Å². The minimum atomic E-state index is -3.35. The first kappa shape index (κ1) is 22.6. The summed E-state index contributed by atoms with van der Waals surface area (Å²) in [6.45, 7) is -0.0726. The Morgan fingerprint density at radius 3 is 2.35 bits per heavy atom. The summed E-state index contributed by atoms with van der Waals surface area (Å²) in [5.74, 6) is 0.843. The number of likely N-dealkylation sites (N-methyl/N-ethyl adjacent to an activating group) is 1. The van der Waals surface area contributed by atoms with E-state index in [0.29, 0.717) is 22.3 Å². The Morgan fingerprint density at radius 2 is 1.74 bits per heavy atom. The van der Waals surface area contributed by atoms with Crippen molar-refractivity contribution in [1.82, 2.24) is 15.0 Å². The Bertz CT molecular complexity index is 1150. The summed E-state index contributed by atoms with van der Waals surface area (Å²) >= 11 is 5.87. The highest BCUT2D eigenvalue weighted by atomic mass is 35.5. The summed E-state index contributed by atoms with van der Waals surface area (Å²) < 4.78 is 35.0. The Hall–Kier alpha value is -3.11. The number of halogens is 1. The average molecular weight is 465 g/mol. The van der Waals surface area contributed by atoms with Crippen LogP contribution in [0.3, 0.4) is 0 Å². The number of rotatable bonds is 8. The van der Waals surface area contributed by atoms with Gasteiger partial charge in [-0.15, -0.1) is 0 Å². The summed E-state index contributed by atoms with van der Waals surface area (Å²) in [5, 5.41) is 4.52. The molecule has 0 bridgehead atoms. The highest BCUT2D eigenvalue weighted by Crippen LogP contribution is 2.21. The van der Waals surface area contributed by atoms with Crippen LogP contribution in [0.15, 0.2) is 53.1 Å². The van der Waals surface area contributed by atoms with Crippen LogP contribution in [-0.4, -0.2) is 56.3 Å². The number of carbonyl (C=O) groups is 1. The lowest BCUT2D eigenvalue weighted by atomic mass is 10.2. The van der Waals surface area contributed by atoms with Crippen molar-refractivity contribution in [2.75, 3.05) is 31.3 Å². The molecule has 0 unspecified atom stereocenters. The van der Waals surface area contributed by atoms with Crippen molar-refractivity contribution in [3.05, 3.63) is 59.4 Å². The predicted molar refractivity (Wildman–Crippen MR) is 116 cm³/mol. The molecule has 0 N–H and O–H groups in total. The van der Waals surface area contributed by atoms with Gasteiger partial charge in [0, 0.05) is 24.7 Å². The molecule has 1 aromatic heterocycles. The fourth-order valence-electron chi connectivity index (χ4n) is 2.53. The third-order valence-corrected chi connectivity index (χ3v) is 5.89. The molecule has 0 atom stereocenters. The standard InChI is InChI=1S/C20H21ClN4O5S/c1-24(12-18-22-20(23-30-18)14-4-6-15(21)7-5-14)19(26)13-29-17-10-8-16(9-11-17)25(2)31(3,27)28/h4-11H,12-13H2,1-3H3. The van der Waals surface area contributed by atoms with Gasteiger partial charge < -0.3 is 14.2 Å². The van der Waals surface area contributed by atoms with Crippen molar-refractivity contribution >= 4 is 33.2 Å². The van der Waals surface area contributed by atoms with Gasteiger partial charge in [0.1, 0.15) is 5.75 Å². The molecule has 1 amide bonds. The monoisotopic (exact) mass is 464 g/mol. The SMILES string of the molecule is CN(Cc1nc(-c2ccc(Cl)cc2)no1)C(=O)COc1ccc(N(C)S(C)(=O)=O)cc1. The maximum atomic E-state index is 12.4. The molecule has 0 radical (unpaired) electrons. The van der Waals surface area contributed by atoms with Crippen LogP contribution >= 0.6 is 11.6 Å². The van der Waals surface area contributed by atoms with Crippen LogP contribution in [0.5, 0.6) is 5.75 Å². The lowest BCUT2D eigenvalue weighted by Gasteiger charge is -2.17. The summed E-state index contributed by atoms with van der Waals surface area (Å²) in [4.78, 5) is 18.0. The Kier molecular flexibility index (Phi) is 6.81. The molecule has 1 heterocycles. The number of carbonyl (C=O) groups excluding carboxylic acids is 1. The fourth-order valence-corrected chi connectivity index (χ4v) is 3.16. The van der Waals surface area contributed by atoms with E-state index >= 15 is 0 Å². The first-order valence-corrected chi connectivity index (χ1v) is 11.4. The molecule has 9 nitrogen and oxygen atoms in total. The van der Waals surface area contributed by atoms with Gasteiger partial charge in [0.15, 0.2) is 6.61 Å². The zero-order chi connectivity index (χ0) is 22.6. The highest BCUT2D eigenvalue weighted by molar-refractivity contribution is 7.92. The number of anilines is 1. The second kappa shape index (κ2) is 9.36. The van der Waals surface area contributed by atoms with E-state index in [1.54, 1.807) is 55.6 Å². The van der Waals surface area contributed by atoms with Crippen LogP contribution in [0.2, 0.25) is 5.02 Å². The van der Waals surface area contributed by atoms with Crippen LogP contribution in [0.25, 0.3) is 11.4 Å². The van der Waals surface area contributed by atoms with Gasteiger partial charge in [-0.3, -0.25) is 9.10 Å². The molecule has 0 spiro atoms. The molecule has 0 aliphatic carbocycles. The summed E-state index contributed by atoms with van der Waals surface area (Å²) in [5.41, 5.74) is 1.24. The molecule has 0 saturated carbocycles.